The third kappa shape index (κ3) is 2.89. The number of aromatic nitrogens is 2. The number of rotatable bonds is 5. The molecule has 0 bridgehead atoms. The van der Waals surface area contributed by atoms with Gasteiger partial charge in [-0.1, -0.05) is 12.1 Å². The molecule has 1 saturated heterocycles. The fourth-order valence-corrected chi connectivity index (χ4v) is 3.82. The van der Waals surface area contributed by atoms with E-state index < -0.39 is 0 Å². The van der Waals surface area contributed by atoms with Crippen molar-refractivity contribution in [3.8, 4) is 0 Å². The molecule has 2 heterocycles. The fourth-order valence-electron chi connectivity index (χ4n) is 3.82. The molecule has 134 valence electrons. The van der Waals surface area contributed by atoms with Crippen LogP contribution >= 0.6 is 0 Å². The Kier molecular flexibility index (Phi) is 3.76. The van der Waals surface area contributed by atoms with Crippen LogP contribution in [0.5, 0.6) is 0 Å². The van der Waals surface area contributed by atoms with Gasteiger partial charge in [0, 0.05) is 42.5 Å². The quantitative estimate of drug-likeness (QED) is 0.871. The van der Waals surface area contributed by atoms with Crippen molar-refractivity contribution in [2.75, 3.05) is 23.3 Å². The Hall–Kier alpha value is -2.63. The van der Waals surface area contributed by atoms with Gasteiger partial charge < -0.3 is 10.6 Å². The first kappa shape index (κ1) is 15.6. The van der Waals surface area contributed by atoms with Gasteiger partial charge in [-0.15, -0.1) is 0 Å². The van der Waals surface area contributed by atoms with E-state index in [0.29, 0.717) is 12.5 Å². The molecule has 5 rings (SSSR count). The van der Waals surface area contributed by atoms with Crippen molar-refractivity contribution in [1.82, 2.24) is 15.3 Å². The van der Waals surface area contributed by atoms with Gasteiger partial charge in [0.1, 0.15) is 11.6 Å². The summed E-state index contributed by atoms with van der Waals surface area (Å²) in [6.07, 6.45) is 5.79. The van der Waals surface area contributed by atoms with Crippen LogP contribution in [-0.4, -0.2) is 29.1 Å². The Morgan fingerprint density at radius 3 is 2.73 bits per heavy atom. The molecule has 26 heavy (non-hydrogen) atoms. The number of nitrogens with one attached hydrogen (secondary N) is 2. The first-order chi connectivity index (χ1) is 12.8. The molecule has 6 nitrogen and oxygen atoms in total. The van der Waals surface area contributed by atoms with Crippen LogP contribution in [0.15, 0.2) is 24.3 Å². The smallest absolute Gasteiger partial charge is 0.321 e. The average molecular weight is 349 g/mol. The van der Waals surface area contributed by atoms with Gasteiger partial charge in [0.05, 0.1) is 0 Å². The lowest BCUT2D eigenvalue weighted by molar-refractivity contribution is 0.252. The van der Waals surface area contributed by atoms with E-state index in [2.05, 4.69) is 22.8 Å². The van der Waals surface area contributed by atoms with Crippen molar-refractivity contribution < 1.29 is 4.79 Å². The molecule has 0 unspecified atom stereocenters. The second-order valence-corrected chi connectivity index (χ2v) is 7.39. The van der Waals surface area contributed by atoms with Crippen molar-refractivity contribution in [3.63, 3.8) is 0 Å². The van der Waals surface area contributed by atoms with E-state index in [9.17, 15) is 4.79 Å². The van der Waals surface area contributed by atoms with Gasteiger partial charge in [0.15, 0.2) is 0 Å². The zero-order chi connectivity index (χ0) is 17.5. The fraction of sp³-hybridized carbons (Fsp3) is 0.450. The molecule has 1 saturated carbocycles. The third-order valence-corrected chi connectivity index (χ3v) is 5.46. The minimum Gasteiger partial charge on any atom is -0.366 e. The molecule has 1 aromatic carbocycles. The summed E-state index contributed by atoms with van der Waals surface area (Å²) in [5.74, 6) is 2.63. The van der Waals surface area contributed by atoms with E-state index in [0.717, 1.165) is 43.3 Å². The van der Waals surface area contributed by atoms with E-state index in [-0.39, 0.29) is 6.03 Å². The summed E-state index contributed by atoms with van der Waals surface area (Å²) >= 11 is 0. The van der Waals surface area contributed by atoms with Gasteiger partial charge in [-0.05, 0) is 49.8 Å². The van der Waals surface area contributed by atoms with Gasteiger partial charge in [0.2, 0.25) is 0 Å². The molecule has 6 heteroatoms. The molecule has 2 amide bonds. The minimum atomic E-state index is -0.0139. The number of aryl methyl sites for hydroxylation is 1. The predicted molar refractivity (Wildman–Crippen MR) is 101 cm³/mol. The standard InChI is InChI=1S/C20H23N5O/c26-20-21-10-11-25(20)15-8-4-13(5-9-15)12-22-19-16-2-1-3-17(16)23-18(24-19)14-6-7-14/h4-5,8-9,14H,1-3,6-7,10-12H2,(H,21,26)(H,22,23,24). The van der Waals surface area contributed by atoms with Crippen molar-refractivity contribution in [1.29, 1.82) is 0 Å². The third-order valence-electron chi connectivity index (χ3n) is 5.46. The number of benzene rings is 1. The second-order valence-electron chi connectivity index (χ2n) is 7.39. The minimum absolute atomic E-state index is 0.0139. The molecule has 2 fully saturated rings. The van der Waals surface area contributed by atoms with Crippen LogP contribution in [-0.2, 0) is 19.4 Å². The van der Waals surface area contributed by atoms with Gasteiger partial charge in [-0.2, -0.15) is 0 Å². The Morgan fingerprint density at radius 1 is 1.15 bits per heavy atom. The maximum atomic E-state index is 11.8. The SMILES string of the molecule is O=C1NCCN1c1ccc(CNc2nc(C3CC3)nc3c2CCC3)cc1. The summed E-state index contributed by atoms with van der Waals surface area (Å²) in [4.78, 5) is 23.2. The highest BCUT2D eigenvalue weighted by Crippen LogP contribution is 2.40. The van der Waals surface area contributed by atoms with Gasteiger partial charge >= 0.3 is 6.03 Å². The Morgan fingerprint density at radius 2 is 2.00 bits per heavy atom. The number of fused-ring (bicyclic) bond motifs is 1. The molecule has 0 atom stereocenters. The summed E-state index contributed by atoms with van der Waals surface area (Å²) in [7, 11) is 0. The van der Waals surface area contributed by atoms with Crippen LogP contribution in [0, 0.1) is 0 Å². The number of amides is 2. The van der Waals surface area contributed by atoms with Gasteiger partial charge in [-0.3, -0.25) is 4.90 Å². The monoisotopic (exact) mass is 349 g/mol. The van der Waals surface area contributed by atoms with Crippen molar-refractivity contribution in [2.45, 2.75) is 44.6 Å². The Labute approximate surface area is 153 Å². The molecule has 0 spiro atoms. The molecular formula is C20H23N5O. The molecule has 2 N–H and O–H groups in total. The molecule has 1 aromatic heterocycles. The lowest BCUT2D eigenvalue weighted by atomic mass is 10.2. The first-order valence-corrected chi connectivity index (χ1v) is 9.56. The van der Waals surface area contributed by atoms with Crippen LogP contribution in [0.2, 0.25) is 0 Å². The van der Waals surface area contributed by atoms with Crippen LogP contribution in [0.1, 0.15) is 47.8 Å². The number of urea groups is 1. The van der Waals surface area contributed by atoms with Gasteiger partial charge in [-0.25, -0.2) is 14.8 Å². The molecule has 1 aliphatic heterocycles. The van der Waals surface area contributed by atoms with Crippen molar-refractivity contribution >= 4 is 17.5 Å². The Bertz CT molecular complexity index is 844. The largest absolute Gasteiger partial charge is 0.366 e. The normalized spacial score (nSPS) is 18.8. The average Bonchev–Trinajstić information content (AvgIpc) is 3.25. The van der Waals surface area contributed by atoms with Crippen molar-refractivity contribution in [2.24, 2.45) is 0 Å². The molecule has 2 aromatic rings. The maximum absolute atomic E-state index is 11.8. The highest BCUT2D eigenvalue weighted by atomic mass is 16.2. The topological polar surface area (TPSA) is 70.2 Å². The number of hydrogen-bond donors (Lipinski definition) is 2. The number of hydrogen-bond acceptors (Lipinski definition) is 4. The van der Waals surface area contributed by atoms with Crippen LogP contribution in [0.3, 0.4) is 0 Å². The predicted octanol–water partition coefficient (Wildman–Crippen LogP) is 2.98. The van der Waals surface area contributed by atoms with E-state index in [1.807, 2.05) is 12.1 Å². The van der Waals surface area contributed by atoms with E-state index in [1.165, 1.54) is 36.1 Å². The first-order valence-electron chi connectivity index (χ1n) is 9.56. The lowest BCUT2D eigenvalue weighted by Gasteiger charge is -2.15. The van der Waals surface area contributed by atoms with E-state index in [4.69, 9.17) is 9.97 Å². The number of carbonyl (C=O) groups excluding carboxylic acids is 1. The summed E-state index contributed by atoms with van der Waals surface area (Å²) < 4.78 is 0. The van der Waals surface area contributed by atoms with Crippen molar-refractivity contribution in [3.05, 3.63) is 46.9 Å². The Balaban J connectivity index is 1.31. The second kappa shape index (κ2) is 6.27. The summed E-state index contributed by atoms with van der Waals surface area (Å²) in [5, 5.41) is 6.37. The molecule has 3 aliphatic rings. The number of nitrogens with zero attached hydrogens (tertiary/aromatic N) is 3. The summed E-state index contributed by atoms with van der Waals surface area (Å²) in [6.45, 7) is 2.18. The van der Waals surface area contributed by atoms with E-state index >= 15 is 0 Å². The molecule has 0 radical (unpaired) electrons. The number of carbonyl (C=O) groups is 1. The zero-order valence-corrected chi connectivity index (χ0v) is 14.8. The lowest BCUT2D eigenvalue weighted by Crippen LogP contribution is -2.27. The summed E-state index contributed by atoms with van der Waals surface area (Å²) in [6, 6.07) is 8.18. The summed E-state index contributed by atoms with van der Waals surface area (Å²) in [5.41, 5.74) is 4.69. The number of anilines is 2. The molecule has 2 aliphatic carbocycles. The van der Waals surface area contributed by atoms with Crippen LogP contribution in [0.4, 0.5) is 16.3 Å². The molecular weight excluding hydrogens is 326 g/mol. The van der Waals surface area contributed by atoms with E-state index in [1.54, 1.807) is 4.90 Å². The van der Waals surface area contributed by atoms with Gasteiger partial charge in [0.25, 0.3) is 0 Å². The highest BCUT2D eigenvalue weighted by Gasteiger charge is 2.29. The maximum Gasteiger partial charge on any atom is 0.321 e. The van der Waals surface area contributed by atoms with Crippen LogP contribution < -0.4 is 15.5 Å². The zero-order valence-electron chi connectivity index (χ0n) is 14.8. The highest BCUT2D eigenvalue weighted by molar-refractivity contribution is 5.93. The van der Waals surface area contributed by atoms with Crippen LogP contribution in [0.25, 0.3) is 0 Å².